The molecule has 3 rings (SSSR count). The normalized spacial score (nSPS) is 20.4. The zero-order valence-electron chi connectivity index (χ0n) is 13.1. The Balaban J connectivity index is 1.76. The minimum Gasteiger partial charge on any atom is -0.313 e. The van der Waals surface area contributed by atoms with Gasteiger partial charge in [-0.1, -0.05) is 25.1 Å². The van der Waals surface area contributed by atoms with Gasteiger partial charge < -0.3 is 5.32 Å². The summed E-state index contributed by atoms with van der Waals surface area (Å²) < 4.78 is 1.41. The topological polar surface area (TPSA) is 15.3 Å². The van der Waals surface area contributed by atoms with Crippen LogP contribution in [0.15, 0.2) is 30.3 Å². The molecule has 1 aliphatic heterocycles. The summed E-state index contributed by atoms with van der Waals surface area (Å²) in [5.74, 6) is 0. The summed E-state index contributed by atoms with van der Waals surface area (Å²) in [6.45, 7) is 8.22. The quantitative estimate of drug-likeness (QED) is 0.849. The van der Waals surface area contributed by atoms with Gasteiger partial charge in [-0.05, 0) is 56.8 Å². The van der Waals surface area contributed by atoms with Crippen LogP contribution in [0.3, 0.4) is 0 Å². The summed E-state index contributed by atoms with van der Waals surface area (Å²) >= 11 is 1.96. The van der Waals surface area contributed by atoms with Crippen molar-refractivity contribution in [1.29, 1.82) is 0 Å². The molecule has 1 saturated heterocycles. The minimum absolute atomic E-state index is 0.518. The highest BCUT2D eigenvalue weighted by Gasteiger charge is 2.22. The van der Waals surface area contributed by atoms with Crippen LogP contribution < -0.4 is 5.32 Å². The average Bonchev–Trinajstić information content (AvgIpc) is 3.14. The molecule has 0 amide bonds. The van der Waals surface area contributed by atoms with Crippen molar-refractivity contribution in [2.45, 2.75) is 45.2 Å². The van der Waals surface area contributed by atoms with Crippen LogP contribution in [-0.2, 0) is 0 Å². The van der Waals surface area contributed by atoms with Crippen molar-refractivity contribution in [3.63, 3.8) is 0 Å². The van der Waals surface area contributed by atoms with Gasteiger partial charge in [0.25, 0.3) is 0 Å². The first kappa shape index (κ1) is 15.0. The maximum atomic E-state index is 3.64. The summed E-state index contributed by atoms with van der Waals surface area (Å²) in [7, 11) is 0. The third kappa shape index (κ3) is 3.47. The SMILES string of the molecule is CCCN(CC1CCCN1)C(C)c1cc2ccccc2s1. The molecule has 1 N–H and O–H groups in total. The van der Waals surface area contributed by atoms with Crippen molar-refractivity contribution in [3.05, 3.63) is 35.2 Å². The standard InChI is InChI=1S/C18H26N2S/c1-3-11-20(13-16-8-6-10-19-16)14(2)18-12-15-7-4-5-9-17(15)21-18/h4-5,7,9,12,14,16,19H,3,6,8,10-11,13H2,1-2H3. The largest absolute Gasteiger partial charge is 0.313 e. The molecular weight excluding hydrogens is 276 g/mol. The van der Waals surface area contributed by atoms with Crippen molar-refractivity contribution in [2.24, 2.45) is 0 Å². The second-order valence-electron chi connectivity index (χ2n) is 6.15. The van der Waals surface area contributed by atoms with Gasteiger partial charge in [0.1, 0.15) is 0 Å². The first-order valence-electron chi connectivity index (χ1n) is 8.24. The lowest BCUT2D eigenvalue weighted by molar-refractivity contribution is 0.195. The maximum Gasteiger partial charge on any atom is 0.0414 e. The zero-order chi connectivity index (χ0) is 14.7. The molecule has 1 aliphatic rings. The van der Waals surface area contributed by atoms with E-state index in [1.54, 1.807) is 0 Å². The lowest BCUT2D eigenvalue weighted by Gasteiger charge is -2.30. The Morgan fingerprint density at radius 1 is 1.38 bits per heavy atom. The van der Waals surface area contributed by atoms with Crippen LogP contribution in [0.5, 0.6) is 0 Å². The molecule has 1 aromatic carbocycles. The van der Waals surface area contributed by atoms with E-state index in [-0.39, 0.29) is 0 Å². The van der Waals surface area contributed by atoms with Crippen LogP contribution in [-0.4, -0.2) is 30.6 Å². The molecule has 0 bridgehead atoms. The van der Waals surface area contributed by atoms with Gasteiger partial charge in [-0.3, -0.25) is 4.90 Å². The second-order valence-corrected chi connectivity index (χ2v) is 7.27. The molecule has 21 heavy (non-hydrogen) atoms. The molecule has 2 unspecified atom stereocenters. The lowest BCUT2D eigenvalue weighted by Crippen LogP contribution is -2.39. The highest BCUT2D eigenvalue weighted by atomic mass is 32.1. The number of benzene rings is 1. The number of nitrogens with one attached hydrogen (secondary N) is 1. The summed E-state index contributed by atoms with van der Waals surface area (Å²) in [6.07, 6.45) is 3.89. The van der Waals surface area contributed by atoms with E-state index >= 15 is 0 Å². The fourth-order valence-electron chi connectivity index (χ4n) is 3.31. The van der Waals surface area contributed by atoms with Gasteiger partial charge in [-0.15, -0.1) is 11.3 Å². The molecule has 2 nitrogen and oxygen atoms in total. The number of fused-ring (bicyclic) bond motifs is 1. The number of nitrogens with zero attached hydrogens (tertiary/aromatic N) is 1. The second kappa shape index (κ2) is 6.91. The van der Waals surface area contributed by atoms with Gasteiger partial charge in [0.2, 0.25) is 0 Å². The van der Waals surface area contributed by atoms with E-state index in [1.807, 2.05) is 11.3 Å². The van der Waals surface area contributed by atoms with Gasteiger partial charge in [0.05, 0.1) is 0 Å². The Morgan fingerprint density at radius 3 is 2.95 bits per heavy atom. The Hall–Kier alpha value is -0.900. The van der Waals surface area contributed by atoms with E-state index in [9.17, 15) is 0 Å². The van der Waals surface area contributed by atoms with Crippen molar-refractivity contribution >= 4 is 21.4 Å². The van der Waals surface area contributed by atoms with Crippen molar-refractivity contribution < 1.29 is 0 Å². The summed E-state index contributed by atoms with van der Waals surface area (Å²) in [5.41, 5.74) is 0. The number of thiophene rings is 1. The van der Waals surface area contributed by atoms with Crippen molar-refractivity contribution in [2.75, 3.05) is 19.6 Å². The van der Waals surface area contributed by atoms with Gasteiger partial charge in [-0.2, -0.15) is 0 Å². The molecule has 114 valence electrons. The summed E-state index contributed by atoms with van der Waals surface area (Å²) in [5, 5.41) is 5.03. The molecule has 1 aromatic heterocycles. The highest BCUT2D eigenvalue weighted by molar-refractivity contribution is 7.19. The Kier molecular flexibility index (Phi) is 4.94. The van der Waals surface area contributed by atoms with Crippen LogP contribution in [0.2, 0.25) is 0 Å². The Morgan fingerprint density at radius 2 is 2.24 bits per heavy atom. The third-order valence-corrected chi connectivity index (χ3v) is 5.82. The zero-order valence-corrected chi connectivity index (χ0v) is 14.0. The fourth-order valence-corrected chi connectivity index (χ4v) is 4.47. The van der Waals surface area contributed by atoms with E-state index in [2.05, 4.69) is 54.4 Å². The smallest absolute Gasteiger partial charge is 0.0414 e. The van der Waals surface area contributed by atoms with Crippen LogP contribution in [0.4, 0.5) is 0 Å². The van der Waals surface area contributed by atoms with Gasteiger partial charge in [0.15, 0.2) is 0 Å². The van der Waals surface area contributed by atoms with E-state index < -0.39 is 0 Å². The Labute approximate surface area is 132 Å². The highest BCUT2D eigenvalue weighted by Crippen LogP contribution is 2.32. The fraction of sp³-hybridized carbons (Fsp3) is 0.556. The van der Waals surface area contributed by atoms with Crippen molar-refractivity contribution in [1.82, 2.24) is 10.2 Å². The summed E-state index contributed by atoms with van der Waals surface area (Å²) in [6, 6.07) is 12.3. The predicted octanol–water partition coefficient (Wildman–Crippen LogP) is 4.43. The minimum atomic E-state index is 0.518. The Bertz CT molecular complexity index is 538. The van der Waals surface area contributed by atoms with Gasteiger partial charge in [-0.25, -0.2) is 0 Å². The van der Waals surface area contributed by atoms with Crippen LogP contribution in [0.25, 0.3) is 10.1 Å². The number of hydrogen-bond donors (Lipinski definition) is 1. The van der Waals surface area contributed by atoms with E-state index in [1.165, 1.54) is 53.9 Å². The molecule has 0 aliphatic carbocycles. The maximum absolute atomic E-state index is 3.64. The number of rotatable bonds is 6. The molecule has 0 radical (unpaired) electrons. The van der Waals surface area contributed by atoms with Crippen LogP contribution in [0, 0.1) is 0 Å². The first-order chi connectivity index (χ1) is 10.3. The molecule has 2 heterocycles. The van der Waals surface area contributed by atoms with Crippen LogP contribution >= 0.6 is 11.3 Å². The molecule has 0 spiro atoms. The monoisotopic (exact) mass is 302 g/mol. The molecule has 2 aromatic rings. The van der Waals surface area contributed by atoms with E-state index in [4.69, 9.17) is 0 Å². The van der Waals surface area contributed by atoms with Crippen LogP contribution in [0.1, 0.15) is 44.0 Å². The van der Waals surface area contributed by atoms with Gasteiger partial charge >= 0.3 is 0 Å². The first-order valence-corrected chi connectivity index (χ1v) is 9.05. The van der Waals surface area contributed by atoms with Gasteiger partial charge in [0, 0.05) is 28.2 Å². The van der Waals surface area contributed by atoms with Crippen molar-refractivity contribution in [3.8, 4) is 0 Å². The molecule has 2 atom stereocenters. The molecule has 3 heteroatoms. The molecule has 0 saturated carbocycles. The summed E-state index contributed by atoms with van der Waals surface area (Å²) in [4.78, 5) is 4.16. The van der Waals surface area contributed by atoms with E-state index in [0.29, 0.717) is 12.1 Å². The average molecular weight is 302 g/mol. The van der Waals surface area contributed by atoms with E-state index in [0.717, 1.165) is 0 Å². The number of hydrogen-bond acceptors (Lipinski definition) is 3. The molecule has 1 fully saturated rings. The lowest BCUT2D eigenvalue weighted by atomic mass is 10.1. The molecular formula is C18H26N2S. The third-order valence-electron chi connectivity index (χ3n) is 4.53. The predicted molar refractivity (Wildman–Crippen MR) is 93.1 cm³/mol.